The highest BCUT2D eigenvalue weighted by molar-refractivity contribution is 7.13. The Hall–Kier alpha value is -4.04. The normalized spacial score (nSPS) is 15.4. The van der Waals surface area contributed by atoms with Crippen LogP contribution in [0, 0.1) is 0 Å². The maximum absolute atomic E-state index is 13.2. The van der Waals surface area contributed by atoms with Crippen LogP contribution in [0.5, 0.6) is 0 Å². The van der Waals surface area contributed by atoms with Crippen molar-refractivity contribution in [3.63, 3.8) is 0 Å². The number of amides is 2. The number of carbonyl (C=O) groups is 3. The molecule has 0 bridgehead atoms. The Morgan fingerprint density at radius 1 is 1.12 bits per heavy atom. The predicted molar refractivity (Wildman–Crippen MR) is 132 cm³/mol. The lowest BCUT2D eigenvalue weighted by molar-refractivity contribution is -0.122. The van der Waals surface area contributed by atoms with Gasteiger partial charge in [-0.1, -0.05) is 36.4 Å². The van der Waals surface area contributed by atoms with E-state index < -0.39 is 18.5 Å². The van der Waals surface area contributed by atoms with Crippen molar-refractivity contribution in [3.05, 3.63) is 77.7 Å². The number of hydrogen-bond donors (Lipinski definition) is 1. The first kappa shape index (κ1) is 21.8. The van der Waals surface area contributed by atoms with E-state index in [1.165, 1.54) is 16.2 Å². The van der Waals surface area contributed by atoms with Crippen molar-refractivity contribution in [1.82, 2.24) is 4.98 Å². The number of fused-ring (bicyclic) bond motifs is 2. The smallest absolute Gasteiger partial charge is 0.339 e. The highest BCUT2D eigenvalue weighted by Gasteiger charge is 2.30. The highest BCUT2D eigenvalue weighted by Crippen LogP contribution is 2.32. The zero-order valence-corrected chi connectivity index (χ0v) is 19.2. The number of para-hydroxylation sites is 3. The minimum Gasteiger partial charge on any atom is -0.452 e. The van der Waals surface area contributed by atoms with Crippen LogP contribution >= 0.6 is 11.3 Å². The summed E-state index contributed by atoms with van der Waals surface area (Å²) in [6, 6.07) is 19.6. The van der Waals surface area contributed by atoms with Gasteiger partial charge in [0.25, 0.3) is 5.91 Å². The molecule has 3 heterocycles. The van der Waals surface area contributed by atoms with E-state index in [1.807, 2.05) is 41.8 Å². The van der Waals surface area contributed by atoms with Gasteiger partial charge in [0.05, 0.1) is 33.0 Å². The Bertz CT molecular complexity index is 1400. The average Bonchev–Trinajstić information content (AvgIpc) is 3.34. The van der Waals surface area contributed by atoms with Gasteiger partial charge in [0, 0.05) is 17.8 Å². The number of pyridine rings is 1. The third kappa shape index (κ3) is 4.15. The number of rotatable bonds is 4. The van der Waals surface area contributed by atoms with E-state index in [1.54, 1.807) is 37.3 Å². The first-order chi connectivity index (χ1) is 16.5. The summed E-state index contributed by atoms with van der Waals surface area (Å²) in [7, 11) is 0. The third-order valence-electron chi connectivity index (χ3n) is 5.66. The first-order valence-electron chi connectivity index (χ1n) is 10.8. The number of hydrogen-bond acceptors (Lipinski definition) is 6. The molecule has 170 valence electrons. The molecule has 1 unspecified atom stereocenters. The van der Waals surface area contributed by atoms with E-state index in [2.05, 4.69) is 10.3 Å². The summed E-state index contributed by atoms with van der Waals surface area (Å²) >= 11 is 1.53. The van der Waals surface area contributed by atoms with Crippen LogP contribution < -0.4 is 10.2 Å². The van der Waals surface area contributed by atoms with E-state index >= 15 is 0 Å². The molecule has 7 nitrogen and oxygen atoms in total. The van der Waals surface area contributed by atoms with Crippen molar-refractivity contribution >= 4 is 51.4 Å². The van der Waals surface area contributed by atoms with E-state index in [0.717, 1.165) is 4.88 Å². The zero-order valence-electron chi connectivity index (χ0n) is 18.4. The molecular formula is C26H21N3O4S. The van der Waals surface area contributed by atoms with Gasteiger partial charge in [-0.2, -0.15) is 0 Å². The second-order valence-electron chi connectivity index (χ2n) is 8.01. The number of esters is 1. The predicted octanol–water partition coefficient (Wildman–Crippen LogP) is 4.88. The number of thiophene rings is 1. The van der Waals surface area contributed by atoms with Gasteiger partial charge in [0.2, 0.25) is 5.91 Å². The Kier molecular flexibility index (Phi) is 5.81. The van der Waals surface area contributed by atoms with Crippen LogP contribution in [0.25, 0.3) is 21.5 Å². The molecule has 1 aliphatic rings. The van der Waals surface area contributed by atoms with E-state index in [9.17, 15) is 14.4 Å². The summed E-state index contributed by atoms with van der Waals surface area (Å²) < 4.78 is 5.49. The molecule has 8 heteroatoms. The quantitative estimate of drug-likeness (QED) is 0.429. The van der Waals surface area contributed by atoms with Crippen molar-refractivity contribution in [1.29, 1.82) is 0 Å². The molecule has 1 atom stereocenters. The second kappa shape index (κ2) is 9.07. The number of anilines is 2. The largest absolute Gasteiger partial charge is 0.452 e. The Morgan fingerprint density at radius 2 is 1.91 bits per heavy atom. The molecule has 0 spiro atoms. The van der Waals surface area contributed by atoms with Gasteiger partial charge in [-0.15, -0.1) is 11.3 Å². The summed E-state index contributed by atoms with van der Waals surface area (Å²) in [5.41, 5.74) is 2.83. The van der Waals surface area contributed by atoms with Gasteiger partial charge in [-0.3, -0.25) is 9.59 Å². The van der Waals surface area contributed by atoms with E-state index in [0.29, 0.717) is 33.5 Å². The summed E-state index contributed by atoms with van der Waals surface area (Å²) in [5, 5.41) is 5.42. The Morgan fingerprint density at radius 3 is 2.74 bits per heavy atom. The second-order valence-corrected chi connectivity index (χ2v) is 8.96. The van der Waals surface area contributed by atoms with Gasteiger partial charge in [-0.05, 0) is 42.6 Å². The molecule has 34 heavy (non-hydrogen) atoms. The fourth-order valence-electron chi connectivity index (χ4n) is 4.14. The van der Waals surface area contributed by atoms with Crippen LogP contribution in [0.3, 0.4) is 0 Å². The van der Waals surface area contributed by atoms with Crippen LogP contribution in [0.2, 0.25) is 0 Å². The molecule has 2 amide bonds. The SMILES string of the molecule is CC1CC(=O)Nc2ccccc2N1C(=O)COC(=O)c1cc(-c2cccs2)nc2ccccc12. The van der Waals surface area contributed by atoms with Crippen molar-refractivity contribution < 1.29 is 19.1 Å². The number of nitrogens with zero attached hydrogens (tertiary/aromatic N) is 2. The van der Waals surface area contributed by atoms with Crippen LogP contribution in [0.4, 0.5) is 11.4 Å². The number of aromatic nitrogens is 1. The first-order valence-corrected chi connectivity index (χ1v) is 11.7. The Balaban J connectivity index is 1.42. The molecule has 4 aromatic rings. The number of ether oxygens (including phenoxy) is 1. The van der Waals surface area contributed by atoms with Gasteiger partial charge in [0.15, 0.2) is 6.61 Å². The lowest BCUT2D eigenvalue weighted by atomic mass is 10.1. The number of nitrogens with one attached hydrogen (secondary N) is 1. The minimum absolute atomic E-state index is 0.146. The maximum atomic E-state index is 13.2. The lowest BCUT2D eigenvalue weighted by Crippen LogP contribution is -2.41. The van der Waals surface area contributed by atoms with Gasteiger partial charge in [0.1, 0.15) is 0 Å². The van der Waals surface area contributed by atoms with E-state index in [-0.39, 0.29) is 18.4 Å². The van der Waals surface area contributed by atoms with Crippen molar-refractivity contribution in [2.24, 2.45) is 0 Å². The zero-order chi connectivity index (χ0) is 23.7. The van der Waals surface area contributed by atoms with Gasteiger partial charge < -0.3 is 15.0 Å². The lowest BCUT2D eigenvalue weighted by Gasteiger charge is -2.27. The van der Waals surface area contributed by atoms with Crippen LogP contribution in [0.1, 0.15) is 23.7 Å². The third-order valence-corrected chi connectivity index (χ3v) is 6.56. The fraction of sp³-hybridized carbons (Fsp3) is 0.154. The van der Waals surface area contributed by atoms with E-state index in [4.69, 9.17) is 4.74 Å². The summed E-state index contributed by atoms with van der Waals surface area (Å²) in [5.74, 6) is -1.17. The summed E-state index contributed by atoms with van der Waals surface area (Å²) in [6.45, 7) is 1.35. The molecule has 5 rings (SSSR count). The molecular weight excluding hydrogens is 450 g/mol. The monoisotopic (exact) mass is 471 g/mol. The van der Waals surface area contributed by atoms with Crippen LogP contribution in [-0.2, 0) is 14.3 Å². The molecule has 0 saturated carbocycles. The highest BCUT2D eigenvalue weighted by atomic mass is 32.1. The summed E-state index contributed by atoms with van der Waals surface area (Å²) in [4.78, 5) is 45.6. The molecule has 0 saturated heterocycles. The minimum atomic E-state index is -0.602. The topological polar surface area (TPSA) is 88.6 Å². The maximum Gasteiger partial charge on any atom is 0.339 e. The molecule has 1 N–H and O–H groups in total. The summed E-state index contributed by atoms with van der Waals surface area (Å²) in [6.07, 6.45) is 0.146. The fourth-order valence-corrected chi connectivity index (χ4v) is 4.82. The average molecular weight is 472 g/mol. The van der Waals surface area contributed by atoms with Crippen LogP contribution in [0.15, 0.2) is 72.1 Å². The molecule has 2 aromatic carbocycles. The standard InChI is InChI=1S/C26H21N3O4S/c1-16-13-24(30)28-20-9-4-5-10-22(20)29(16)25(31)15-33-26(32)18-14-21(23-11-6-12-34-23)27-19-8-3-2-7-17(18)19/h2-12,14,16H,13,15H2,1H3,(H,28,30). The number of benzene rings is 2. The van der Waals surface area contributed by atoms with Gasteiger partial charge in [-0.25, -0.2) is 9.78 Å². The molecule has 1 aliphatic heterocycles. The molecule has 0 fully saturated rings. The van der Waals surface area contributed by atoms with Crippen molar-refractivity contribution in [3.8, 4) is 10.6 Å². The van der Waals surface area contributed by atoms with Crippen LogP contribution in [-0.4, -0.2) is 35.4 Å². The van der Waals surface area contributed by atoms with Crippen molar-refractivity contribution in [2.75, 3.05) is 16.8 Å². The van der Waals surface area contributed by atoms with Gasteiger partial charge >= 0.3 is 5.97 Å². The number of carbonyl (C=O) groups excluding carboxylic acids is 3. The molecule has 2 aromatic heterocycles. The Labute approximate surface area is 200 Å². The van der Waals surface area contributed by atoms with Crippen molar-refractivity contribution in [2.45, 2.75) is 19.4 Å². The molecule has 0 aliphatic carbocycles. The molecule has 0 radical (unpaired) electrons.